The van der Waals surface area contributed by atoms with E-state index in [1.165, 1.54) is 25.9 Å². The number of hydrogen-bond acceptors (Lipinski definition) is 3. The first-order valence-electron chi connectivity index (χ1n) is 4.97. The average molecular weight is 178 g/mol. The molecule has 0 spiro atoms. The zero-order valence-corrected chi connectivity index (χ0v) is 8.03. The van der Waals surface area contributed by atoms with E-state index in [4.69, 9.17) is 0 Å². The lowest BCUT2D eigenvalue weighted by Gasteiger charge is -2.36. The number of rotatable bonds is 1. The molecule has 3 heteroatoms. The second-order valence-corrected chi connectivity index (χ2v) is 3.91. The normalized spacial score (nSPS) is 34.5. The second kappa shape index (κ2) is 3.92. The molecule has 13 heavy (non-hydrogen) atoms. The molecule has 0 aromatic carbocycles. The Labute approximate surface area is 79.5 Å². The molecule has 2 atom stereocenters. The van der Waals surface area contributed by atoms with Crippen LogP contribution in [0.15, 0.2) is 17.3 Å². The minimum absolute atomic E-state index is 0.320. The maximum absolute atomic E-state index is 3.87. The largest absolute Gasteiger partial charge is 0.348 e. The molecule has 0 amide bonds. The first-order valence-corrected chi connectivity index (χ1v) is 4.97. The molecule has 0 aliphatic carbocycles. The Morgan fingerprint density at radius 2 is 2.54 bits per heavy atom. The summed E-state index contributed by atoms with van der Waals surface area (Å²) in [5.41, 5.74) is 0. The lowest BCUT2D eigenvalue weighted by molar-refractivity contribution is 0.145. The highest BCUT2D eigenvalue weighted by atomic mass is 15.3. The van der Waals surface area contributed by atoms with Crippen molar-refractivity contribution in [3.63, 3.8) is 0 Å². The minimum Gasteiger partial charge on any atom is -0.348 e. The lowest BCUT2D eigenvalue weighted by atomic mass is 10.00. The van der Waals surface area contributed by atoms with Crippen LogP contribution in [-0.2, 0) is 0 Å². The number of piperidine rings is 1. The Bertz CT molecular complexity index is 222. The van der Waals surface area contributed by atoms with Crippen molar-refractivity contribution in [2.45, 2.75) is 25.9 Å². The van der Waals surface area contributed by atoms with E-state index in [0.29, 0.717) is 6.17 Å². The smallest absolute Gasteiger partial charge is 0.170 e. The number of likely N-dealkylation sites (tertiary alicyclic amines) is 1. The molecule has 1 saturated heterocycles. The van der Waals surface area contributed by atoms with Crippen LogP contribution < -0.4 is 5.32 Å². The molecule has 1 fully saturated rings. The van der Waals surface area contributed by atoms with Crippen LogP contribution in [0.1, 0.15) is 19.8 Å². The van der Waals surface area contributed by atoms with Gasteiger partial charge in [-0.3, -0.25) is 4.90 Å². The number of nitrogens with zero attached hydrogens (tertiary/aromatic N) is 2. The summed E-state index contributed by atoms with van der Waals surface area (Å²) in [6, 6.07) is 0. The predicted molar refractivity (Wildman–Crippen MR) is 53.5 cm³/mol. The molecule has 0 aromatic rings. The van der Waals surface area contributed by atoms with Crippen molar-refractivity contribution in [2.24, 2.45) is 10.9 Å². The summed E-state index contributed by atoms with van der Waals surface area (Å²) in [6.45, 7) is 4.69. The van der Waals surface area contributed by atoms with Gasteiger partial charge in [-0.25, -0.2) is 4.99 Å². The van der Waals surface area contributed by atoms with Gasteiger partial charge >= 0.3 is 0 Å². The maximum atomic E-state index is 3.87. The maximum Gasteiger partial charge on any atom is 0.170 e. The van der Waals surface area contributed by atoms with Crippen molar-refractivity contribution in [1.82, 2.24) is 10.2 Å². The standard InChI is InChI=1S/C10H16N3/c1-9-3-2-6-13(7-9)10-4-5-11-8-12-10/h4-5,9-10H,2-3,6-7H2,1H3,(H,11,12). The topological polar surface area (TPSA) is 27.6 Å². The van der Waals surface area contributed by atoms with Gasteiger partial charge in [0.1, 0.15) is 6.17 Å². The number of nitrogens with one attached hydrogen (secondary N) is 1. The number of hydrogen-bond donors (Lipinski definition) is 1. The zero-order chi connectivity index (χ0) is 9.10. The monoisotopic (exact) mass is 178 g/mol. The molecule has 2 aliphatic heterocycles. The van der Waals surface area contributed by atoms with Crippen molar-refractivity contribution >= 4 is 6.34 Å². The Morgan fingerprint density at radius 3 is 3.23 bits per heavy atom. The predicted octanol–water partition coefficient (Wildman–Crippen LogP) is 1.07. The lowest BCUT2D eigenvalue weighted by Crippen LogP contribution is -2.48. The quantitative estimate of drug-likeness (QED) is 0.650. The molecule has 1 radical (unpaired) electrons. The molecule has 2 aliphatic rings. The van der Waals surface area contributed by atoms with Gasteiger partial charge < -0.3 is 5.32 Å². The van der Waals surface area contributed by atoms with Crippen LogP contribution in [0.5, 0.6) is 0 Å². The van der Waals surface area contributed by atoms with Gasteiger partial charge in [0.05, 0.1) is 0 Å². The highest BCUT2D eigenvalue weighted by molar-refractivity contribution is 5.57. The third-order valence-electron chi connectivity index (χ3n) is 2.70. The molecular formula is C10H16N3. The first kappa shape index (κ1) is 8.75. The molecule has 71 valence electrons. The summed E-state index contributed by atoms with van der Waals surface area (Å²) < 4.78 is 0. The van der Waals surface area contributed by atoms with E-state index in [9.17, 15) is 0 Å². The van der Waals surface area contributed by atoms with E-state index in [0.717, 1.165) is 5.92 Å². The van der Waals surface area contributed by atoms with E-state index >= 15 is 0 Å². The van der Waals surface area contributed by atoms with Gasteiger partial charge in [-0.05, 0) is 24.8 Å². The summed E-state index contributed by atoms with van der Waals surface area (Å²) in [6.07, 6.45) is 9.70. The third-order valence-corrected chi connectivity index (χ3v) is 2.70. The van der Waals surface area contributed by atoms with Crippen LogP contribution in [0.2, 0.25) is 0 Å². The van der Waals surface area contributed by atoms with E-state index in [1.807, 2.05) is 6.20 Å². The highest BCUT2D eigenvalue weighted by Gasteiger charge is 2.21. The summed E-state index contributed by atoms with van der Waals surface area (Å²) in [5.74, 6) is 0.822. The minimum atomic E-state index is 0.320. The van der Waals surface area contributed by atoms with E-state index in [1.54, 1.807) is 0 Å². The molecule has 1 N–H and O–H groups in total. The summed E-state index contributed by atoms with van der Waals surface area (Å²) in [7, 11) is 0. The van der Waals surface area contributed by atoms with Crippen molar-refractivity contribution in [2.75, 3.05) is 13.1 Å². The molecule has 0 saturated carbocycles. The zero-order valence-electron chi connectivity index (χ0n) is 8.03. The van der Waals surface area contributed by atoms with Crippen LogP contribution in [0.4, 0.5) is 0 Å². The Kier molecular flexibility index (Phi) is 2.64. The fourth-order valence-corrected chi connectivity index (χ4v) is 2.00. The summed E-state index contributed by atoms with van der Waals surface area (Å²) >= 11 is 0. The van der Waals surface area contributed by atoms with Gasteiger partial charge in [0.25, 0.3) is 0 Å². The molecule has 2 heterocycles. The Hall–Kier alpha value is -0.830. The van der Waals surface area contributed by atoms with Crippen LogP contribution in [-0.4, -0.2) is 30.5 Å². The SMILES string of the molecule is CC1CCCN(C2C=CN=[C]N2)C1. The second-order valence-electron chi connectivity index (χ2n) is 3.91. The first-order chi connectivity index (χ1) is 6.36. The van der Waals surface area contributed by atoms with Gasteiger partial charge in [0.2, 0.25) is 0 Å². The molecular weight excluding hydrogens is 162 g/mol. The van der Waals surface area contributed by atoms with Crippen molar-refractivity contribution in [3.05, 3.63) is 12.3 Å². The molecule has 0 aromatic heterocycles. The average Bonchev–Trinajstić information content (AvgIpc) is 2.19. The third kappa shape index (κ3) is 2.10. The van der Waals surface area contributed by atoms with E-state index < -0.39 is 0 Å². The van der Waals surface area contributed by atoms with Gasteiger partial charge in [0, 0.05) is 19.3 Å². The number of aliphatic imine (C=N–C) groups is 1. The van der Waals surface area contributed by atoms with Gasteiger partial charge in [0.15, 0.2) is 6.34 Å². The molecule has 0 bridgehead atoms. The van der Waals surface area contributed by atoms with Crippen LogP contribution in [0.25, 0.3) is 0 Å². The molecule has 2 unspecified atom stereocenters. The van der Waals surface area contributed by atoms with E-state index in [2.05, 4.69) is 34.5 Å². The van der Waals surface area contributed by atoms with Gasteiger partial charge in [-0.1, -0.05) is 6.92 Å². The summed E-state index contributed by atoms with van der Waals surface area (Å²) in [5, 5.41) is 3.13. The Morgan fingerprint density at radius 1 is 1.62 bits per heavy atom. The highest BCUT2D eigenvalue weighted by Crippen LogP contribution is 2.17. The fourth-order valence-electron chi connectivity index (χ4n) is 2.00. The van der Waals surface area contributed by atoms with Crippen molar-refractivity contribution in [1.29, 1.82) is 0 Å². The van der Waals surface area contributed by atoms with Crippen molar-refractivity contribution in [3.8, 4) is 0 Å². The van der Waals surface area contributed by atoms with Crippen LogP contribution >= 0.6 is 0 Å². The van der Waals surface area contributed by atoms with Gasteiger partial charge in [-0.2, -0.15) is 0 Å². The fraction of sp³-hybridized carbons (Fsp3) is 0.700. The van der Waals surface area contributed by atoms with Crippen LogP contribution in [0.3, 0.4) is 0 Å². The Balaban J connectivity index is 1.92. The van der Waals surface area contributed by atoms with Gasteiger partial charge in [-0.15, -0.1) is 0 Å². The molecule has 3 nitrogen and oxygen atoms in total. The molecule has 2 rings (SSSR count). The van der Waals surface area contributed by atoms with Crippen LogP contribution in [0, 0.1) is 5.92 Å². The van der Waals surface area contributed by atoms with Crippen molar-refractivity contribution < 1.29 is 0 Å². The summed E-state index contributed by atoms with van der Waals surface area (Å²) in [4.78, 5) is 6.32. The van der Waals surface area contributed by atoms with E-state index in [-0.39, 0.29) is 0 Å².